The highest BCUT2D eigenvalue weighted by Gasteiger charge is 2.43. The molecule has 1 unspecified atom stereocenters. The lowest BCUT2D eigenvalue weighted by Gasteiger charge is -2.31. The number of hydrogen-bond acceptors (Lipinski definition) is 3. The van der Waals surface area contributed by atoms with E-state index >= 15 is 0 Å². The summed E-state index contributed by atoms with van der Waals surface area (Å²) >= 11 is 0. The molecule has 0 spiro atoms. The van der Waals surface area contributed by atoms with Crippen LogP contribution in [0, 0.1) is 6.92 Å². The van der Waals surface area contributed by atoms with Crippen LogP contribution in [0.25, 0.3) is 0 Å². The van der Waals surface area contributed by atoms with Crippen molar-refractivity contribution in [2.24, 2.45) is 0 Å². The molecule has 92 valence electrons. The zero-order valence-electron chi connectivity index (χ0n) is 10.3. The fraction of sp³-hybridized carbons (Fsp3) is 0.538. The normalized spacial score (nSPS) is 25.1. The molecule has 1 aromatic heterocycles. The molecule has 0 bridgehead atoms. The molecule has 0 saturated carbocycles. The number of aryl methyl sites for hydroxylation is 1. The molecule has 0 amide bonds. The van der Waals surface area contributed by atoms with Gasteiger partial charge in [-0.2, -0.15) is 0 Å². The molecule has 1 aliphatic heterocycles. The van der Waals surface area contributed by atoms with Gasteiger partial charge in [-0.25, -0.2) is 0 Å². The zero-order chi connectivity index (χ0) is 12.5. The molecule has 0 aliphatic carbocycles. The van der Waals surface area contributed by atoms with E-state index in [9.17, 15) is 9.90 Å². The smallest absolute Gasteiger partial charge is 0.323 e. The number of carboxylic acid groups (broad SMARTS) is 1. The largest absolute Gasteiger partial charge is 0.480 e. The van der Waals surface area contributed by atoms with Gasteiger partial charge in [0.25, 0.3) is 0 Å². The first-order chi connectivity index (χ1) is 8.04. The first-order valence-electron chi connectivity index (χ1n) is 5.93. The Hall–Kier alpha value is -1.42. The van der Waals surface area contributed by atoms with Crippen LogP contribution < -0.4 is 0 Å². The third-order valence-electron chi connectivity index (χ3n) is 3.73. The van der Waals surface area contributed by atoms with Gasteiger partial charge in [-0.3, -0.25) is 14.7 Å². The number of nitrogens with zero attached hydrogens (tertiary/aromatic N) is 2. The van der Waals surface area contributed by atoms with E-state index in [2.05, 4.69) is 4.98 Å². The zero-order valence-corrected chi connectivity index (χ0v) is 10.3. The Balaban J connectivity index is 2.19. The van der Waals surface area contributed by atoms with Crippen molar-refractivity contribution in [3.63, 3.8) is 0 Å². The maximum absolute atomic E-state index is 11.4. The molecule has 4 nitrogen and oxygen atoms in total. The number of aromatic nitrogens is 1. The van der Waals surface area contributed by atoms with E-state index in [0.29, 0.717) is 6.54 Å². The van der Waals surface area contributed by atoms with E-state index in [0.717, 1.165) is 30.6 Å². The average Bonchev–Trinajstić information content (AvgIpc) is 2.65. The molecule has 1 aromatic rings. The fourth-order valence-corrected chi connectivity index (χ4v) is 2.41. The standard InChI is InChI=1S/C13H18N2O2/c1-10-11(5-3-7-14-10)9-15-8-4-6-13(15,2)12(16)17/h3,5,7H,4,6,8-9H2,1-2H3,(H,16,17). The quantitative estimate of drug-likeness (QED) is 0.867. The van der Waals surface area contributed by atoms with E-state index < -0.39 is 11.5 Å². The Bertz CT molecular complexity index is 433. The lowest BCUT2D eigenvalue weighted by atomic mass is 9.99. The number of carboxylic acids is 1. The number of hydrogen-bond donors (Lipinski definition) is 1. The summed E-state index contributed by atoms with van der Waals surface area (Å²) in [6.45, 7) is 5.29. The molecular formula is C13H18N2O2. The van der Waals surface area contributed by atoms with Crippen molar-refractivity contribution in [3.8, 4) is 0 Å². The molecule has 0 radical (unpaired) electrons. The summed E-state index contributed by atoms with van der Waals surface area (Å²) in [5.41, 5.74) is 1.37. The molecule has 2 heterocycles. The molecule has 1 N–H and O–H groups in total. The van der Waals surface area contributed by atoms with Crippen LogP contribution in [-0.4, -0.2) is 33.0 Å². The van der Waals surface area contributed by atoms with E-state index in [4.69, 9.17) is 0 Å². The topological polar surface area (TPSA) is 53.4 Å². The van der Waals surface area contributed by atoms with E-state index in [1.807, 2.05) is 30.9 Å². The molecule has 1 atom stereocenters. The number of carbonyl (C=O) groups is 1. The monoisotopic (exact) mass is 234 g/mol. The van der Waals surface area contributed by atoms with Crippen molar-refractivity contribution >= 4 is 5.97 Å². The van der Waals surface area contributed by atoms with Gasteiger partial charge in [0.05, 0.1) is 0 Å². The van der Waals surface area contributed by atoms with Gasteiger partial charge in [-0.05, 0) is 44.9 Å². The second kappa shape index (κ2) is 4.45. The Kier molecular flexibility index (Phi) is 3.15. The SMILES string of the molecule is Cc1ncccc1CN1CCCC1(C)C(=O)O. The average molecular weight is 234 g/mol. The Morgan fingerprint density at radius 3 is 3.06 bits per heavy atom. The maximum atomic E-state index is 11.4. The molecule has 4 heteroatoms. The van der Waals surface area contributed by atoms with Gasteiger partial charge in [-0.1, -0.05) is 6.07 Å². The van der Waals surface area contributed by atoms with Gasteiger partial charge in [0.15, 0.2) is 0 Å². The molecule has 1 fully saturated rings. The number of likely N-dealkylation sites (tertiary alicyclic amines) is 1. The Morgan fingerprint density at radius 2 is 2.41 bits per heavy atom. The minimum absolute atomic E-state index is 0.669. The number of pyridine rings is 1. The highest BCUT2D eigenvalue weighted by molar-refractivity contribution is 5.78. The van der Waals surface area contributed by atoms with Crippen LogP contribution in [-0.2, 0) is 11.3 Å². The van der Waals surface area contributed by atoms with Gasteiger partial charge >= 0.3 is 5.97 Å². The lowest BCUT2D eigenvalue weighted by molar-refractivity contribution is -0.148. The summed E-state index contributed by atoms with van der Waals surface area (Å²) in [6.07, 6.45) is 3.43. The predicted molar refractivity (Wildman–Crippen MR) is 64.7 cm³/mol. The van der Waals surface area contributed by atoms with Gasteiger partial charge < -0.3 is 5.11 Å². The second-order valence-electron chi connectivity index (χ2n) is 4.85. The van der Waals surface area contributed by atoms with Gasteiger partial charge in [0.1, 0.15) is 5.54 Å². The van der Waals surface area contributed by atoms with E-state index in [-0.39, 0.29) is 0 Å². The first-order valence-corrected chi connectivity index (χ1v) is 5.93. The summed E-state index contributed by atoms with van der Waals surface area (Å²) in [5.74, 6) is -0.725. The number of rotatable bonds is 3. The van der Waals surface area contributed by atoms with Crippen LogP contribution in [0.4, 0.5) is 0 Å². The predicted octanol–water partition coefficient (Wildman–Crippen LogP) is 1.83. The van der Waals surface area contributed by atoms with Gasteiger partial charge in [-0.15, -0.1) is 0 Å². The minimum atomic E-state index is -0.725. The highest BCUT2D eigenvalue weighted by Crippen LogP contribution is 2.30. The van der Waals surface area contributed by atoms with Crippen molar-refractivity contribution < 1.29 is 9.90 Å². The number of aliphatic carboxylic acids is 1. The van der Waals surface area contributed by atoms with Gasteiger partial charge in [0, 0.05) is 18.4 Å². The van der Waals surface area contributed by atoms with Crippen LogP contribution in [0.15, 0.2) is 18.3 Å². The van der Waals surface area contributed by atoms with Crippen molar-refractivity contribution in [1.82, 2.24) is 9.88 Å². The second-order valence-corrected chi connectivity index (χ2v) is 4.85. The van der Waals surface area contributed by atoms with Crippen molar-refractivity contribution in [2.75, 3.05) is 6.54 Å². The molecular weight excluding hydrogens is 216 g/mol. The van der Waals surface area contributed by atoms with Crippen molar-refractivity contribution in [2.45, 2.75) is 38.8 Å². The maximum Gasteiger partial charge on any atom is 0.323 e. The summed E-state index contributed by atoms with van der Waals surface area (Å²) in [7, 11) is 0. The molecule has 1 aliphatic rings. The first kappa shape index (κ1) is 12.0. The van der Waals surface area contributed by atoms with Crippen molar-refractivity contribution in [3.05, 3.63) is 29.6 Å². The minimum Gasteiger partial charge on any atom is -0.480 e. The molecule has 0 aromatic carbocycles. The summed E-state index contributed by atoms with van der Waals surface area (Å²) in [5, 5.41) is 9.33. The third-order valence-corrected chi connectivity index (χ3v) is 3.73. The van der Waals surface area contributed by atoms with Gasteiger partial charge in [0.2, 0.25) is 0 Å². The molecule has 1 saturated heterocycles. The van der Waals surface area contributed by atoms with Crippen molar-refractivity contribution in [1.29, 1.82) is 0 Å². The Labute approximate surface area is 101 Å². The van der Waals surface area contributed by atoms with Crippen LogP contribution in [0.2, 0.25) is 0 Å². The lowest BCUT2D eigenvalue weighted by Crippen LogP contribution is -2.47. The van der Waals surface area contributed by atoms with E-state index in [1.165, 1.54) is 0 Å². The highest BCUT2D eigenvalue weighted by atomic mass is 16.4. The van der Waals surface area contributed by atoms with Crippen LogP contribution in [0.5, 0.6) is 0 Å². The van der Waals surface area contributed by atoms with Crippen LogP contribution >= 0.6 is 0 Å². The van der Waals surface area contributed by atoms with Crippen LogP contribution in [0.3, 0.4) is 0 Å². The van der Waals surface area contributed by atoms with E-state index in [1.54, 1.807) is 6.20 Å². The molecule has 2 rings (SSSR count). The summed E-state index contributed by atoms with van der Waals surface area (Å²) in [6, 6.07) is 3.92. The Morgan fingerprint density at radius 1 is 1.65 bits per heavy atom. The fourth-order valence-electron chi connectivity index (χ4n) is 2.41. The summed E-state index contributed by atoms with van der Waals surface area (Å²) < 4.78 is 0. The summed E-state index contributed by atoms with van der Waals surface area (Å²) in [4.78, 5) is 17.6. The molecule has 17 heavy (non-hydrogen) atoms. The third kappa shape index (κ3) is 2.17. The van der Waals surface area contributed by atoms with Crippen LogP contribution in [0.1, 0.15) is 31.0 Å².